The summed E-state index contributed by atoms with van der Waals surface area (Å²) < 4.78 is 0. The van der Waals surface area contributed by atoms with Crippen molar-refractivity contribution in [1.82, 2.24) is 20.9 Å². The molecule has 1 aromatic rings. The fourth-order valence-corrected chi connectivity index (χ4v) is 4.36. The molecule has 3 heterocycles. The average Bonchev–Trinajstić information content (AvgIpc) is 3.23. The molecule has 3 rings (SSSR count). The maximum atomic E-state index is 12.1. The summed E-state index contributed by atoms with van der Waals surface area (Å²) in [5, 5.41) is 10.6. The van der Waals surface area contributed by atoms with Gasteiger partial charge in [0.15, 0.2) is 5.96 Å². The standard InChI is InChI=1S/C18H27N5O2S/c1-3-19-16(20-9-6-14-5-4-12-26-14)23-10-7-13(8-11-23)18(2)15(24)21-17(25)22-18/h4-5,12-13H,3,6-11H2,1-2H3,(H,19,20)(H2,21,22,24,25). The number of amides is 3. The van der Waals surface area contributed by atoms with E-state index in [1.165, 1.54) is 4.88 Å². The molecule has 1 unspecified atom stereocenters. The van der Waals surface area contributed by atoms with Crippen LogP contribution in [0.2, 0.25) is 0 Å². The molecule has 0 aromatic carbocycles. The summed E-state index contributed by atoms with van der Waals surface area (Å²) in [5.74, 6) is 0.865. The second-order valence-corrected chi connectivity index (χ2v) is 7.97. The molecule has 3 amide bonds. The van der Waals surface area contributed by atoms with E-state index < -0.39 is 5.54 Å². The molecule has 1 atom stereocenters. The maximum Gasteiger partial charge on any atom is 0.322 e. The Morgan fingerprint density at radius 3 is 2.77 bits per heavy atom. The lowest BCUT2D eigenvalue weighted by atomic mass is 9.79. The number of nitrogens with zero attached hydrogens (tertiary/aromatic N) is 2. The van der Waals surface area contributed by atoms with Crippen LogP contribution >= 0.6 is 11.3 Å². The number of rotatable bonds is 5. The molecule has 2 aliphatic heterocycles. The molecule has 7 nitrogen and oxygen atoms in total. The van der Waals surface area contributed by atoms with Crippen LogP contribution in [0, 0.1) is 5.92 Å². The SMILES string of the molecule is CCNC(=NCCc1cccs1)N1CCC(C2(C)NC(=O)NC2=O)CC1. The Bertz CT molecular complexity index is 667. The van der Waals surface area contributed by atoms with Gasteiger partial charge in [0.05, 0.1) is 0 Å². The predicted octanol–water partition coefficient (Wildman–Crippen LogP) is 1.57. The van der Waals surface area contributed by atoms with Crippen molar-refractivity contribution < 1.29 is 9.59 Å². The molecule has 26 heavy (non-hydrogen) atoms. The summed E-state index contributed by atoms with van der Waals surface area (Å²) in [6, 6.07) is 3.82. The van der Waals surface area contributed by atoms with Gasteiger partial charge in [0.2, 0.25) is 0 Å². The fraction of sp³-hybridized carbons (Fsp3) is 0.611. The van der Waals surface area contributed by atoms with Crippen molar-refractivity contribution in [3.8, 4) is 0 Å². The van der Waals surface area contributed by atoms with Crippen LogP contribution < -0.4 is 16.0 Å². The smallest absolute Gasteiger partial charge is 0.322 e. The largest absolute Gasteiger partial charge is 0.357 e. The summed E-state index contributed by atoms with van der Waals surface area (Å²) >= 11 is 1.76. The van der Waals surface area contributed by atoms with Gasteiger partial charge in [0.25, 0.3) is 5.91 Å². The zero-order valence-corrected chi connectivity index (χ0v) is 16.2. The van der Waals surface area contributed by atoms with E-state index in [0.717, 1.165) is 51.4 Å². The Morgan fingerprint density at radius 1 is 1.42 bits per heavy atom. The van der Waals surface area contributed by atoms with Gasteiger partial charge < -0.3 is 15.5 Å². The van der Waals surface area contributed by atoms with E-state index in [0.29, 0.717) is 0 Å². The number of nitrogens with one attached hydrogen (secondary N) is 3. The summed E-state index contributed by atoms with van der Waals surface area (Å²) in [6.45, 7) is 7.14. The molecule has 142 valence electrons. The van der Waals surface area contributed by atoms with Crippen LogP contribution in [0.5, 0.6) is 0 Å². The van der Waals surface area contributed by atoms with Crippen molar-refractivity contribution in [2.45, 2.75) is 38.6 Å². The number of guanidine groups is 1. The molecule has 0 spiro atoms. The number of urea groups is 1. The molecule has 0 aliphatic carbocycles. The molecular weight excluding hydrogens is 350 g/mol. The summed E-state index contributed by atoms with van der Waals surface area (Å²) in [7, 11) is 0. The molecule has 2 aliphatic rings. The fourth-order valence-electron chi connectivity index (χ4n) is 3.67. The molecule has 1 aromatic heterocycles. The minimum Gasteiger partial charge on any atom is -0.357 e. The number of carbonyl (C=O) groups is 2. The van der Waals surface area contributed by atoms with Crippen molar-refractivity contribution >= 4 is 29.2 Å². The molecule has 8 heteroatoms. The second kappa shape index (κ2) is 8.07. The zero-order valence-electron chi connectivity index (χ0n) is 15.4. The highest BCUT2D eigenvalue weighted by Crippen LogP contribution is 2.30. The number of aliphatic imine (C=N–C) groups is 1. The third-order valence-corrected chi connectivity index (χ3v) is 6.15. The number of carbonyl (C=O) groups excluding carboxylic acids is 2. The van der Waals surface area contributed by atoms with E-state index >= 15 is 0 Å². The van der Waals surface area contributed by atoms with Crippen molar-refractivity contribution in [3.05, 3.63) is 22.4 Å². The Balaban J connectivity index is 1.57. The van der Waals surface area contributed by atoms with E-state index in [4.69, 9.17) is 4.99 Å². The lowest BCUT2D eigenvalue weighted by Crippen LogP contribution is -2.55. The Hall–Kier alpha value is -2.09. The monoisotopic (exact) mass is 377 g/mol. The maximum absolute atomic E-state index is 12.1. The summed E-state index contributed by atoms with van der Waals surface area (Å²) in [4.78, 5) is 32.0. The van der Waals surface area contributed by atoms with Gasteiger partial charge in [-0.3, -0.25) is 15.1 Å². The Labute approximate surface area is 158 Å². The number of hydrogen-bond donors (Lipinski definition) is 3. The molecule has 0 radical (unpaired) electrons. The molecular formula is C18H27N5O2S. The molecule has 0 saturated carbocycles. The van der Waals surface area contributed by atoms with E-state index in [-0.39, 0.29) is 17.9 Å². The predicted molar refractivity (Wildman–Crippen MR) is 103 cm³/mol. The van der Waals surface area contributed by atoms with Gasteiger partial charge in [0.1, 0.15) is 5.54 Å². The number of thiophene rings is 1. The van der Waals surface area contributed by atoms with Gasteiger partial charge in [-0.15, -0.1) is 11.3 Å². The number of likely N-dealkylation sites (tertiary alicyclic amines) is 1. The van der Waals surface area contributed by atoms with Crippen LogP contribution in [0.4, 0.5) is 4.79 Å². The molecule has 0 bridgehead atoms. The van der Waals surface area contributed by atoms with E-state index in [1.807, 2.05) is 6.92 Å². The van der Waals surface area contributed by atoms with E-state index in [9.17, 15) is 9.59 Å². The minimum absolute atomic E-state index is 0.138. The first-order chi connectivity index (χ1) is 12.5. The first kappa shape index (κ1) is 18.7. The second-order valence-electron chi connectivity index (χ2n) is 6.94. The highest BCUT2D eigenvalue weighted by molar-refractivity contribution is 7.09. The number of piperidine rings is 1. The topological polar surface area (TPSA) is 85.8 Å². The van der Waals surface area contributed by atoms with E-state index in [1.54, 1.807) is 11.3 Å². The lowest BCUT2D eigenvalue weighted by molar-refractivity contribution is -0.125. The van der Waals surface area contributed by atoms with Gasteiger partial charge in [-0.1, -0.05) is 6.07 Å². The number of imide groups is 1. The van der Waals surface area contributed by atoms with Gasteiger partial charge in [-0.25, -0.2) is 4.79 Å². The quantitative estimate of drug-likeness (QED) is 0.413. The van der Waals surface area contributed by atoms with Crippen LogP contribution in [0.1, 0.15) is 31.6 Å². The van der Waals surface area contributed by atoms with Crippen LogP contribution in [0.3, 0.4) is 0 Å². The number of hydrogen-bond acceptors (Lipinski definition) is 4. The minimum atomic E-state index is -0.794. The first-order valence-electron chi connectivity index (χ1n) is 9.22. The van der Waals surface area contributed by atoms with Crippen molar-refractivity contribution in [2.24, 2.45) is 10.9 Å². The van der Waals surface area contributed by atoms with Crippen molar-refractivity contribution in [2.75, 3.05) is 26.2 Å². The average molecular weight is 378 g/mol. The van der Waals surface area contributed by atoms with E-state index in [2.05, 4.69) is 45.3 Å². The highest BCUT2D eigenvalue weighted by Gasteiger charge is 2.48. The van der Waals surface area contributed by atoms with Crippen LogP contribution in [0.25, 0.3) is 0 Å². The third kappa shape index (κ3) is 4.00. The van der Waals surface area contributed by atoms with Gasteiger partial charge in [-0.05, 0) is 44.1 Å². The van der Waals surface area contributed by atoms with Crippen molar-refractivity contribution in [3.63, 3.8) is 0 Å². The third-order valence-electron chi connectivity index (χ3n) is 5.22. The van der Waals surface area contributed by atoms with Crippen LogP contribution in [-0.4, -0.2) is 54.5 Å². The summed E-state index contributed by atoms with van der Waals surface area (Å²) in [6.07, 6.45) is 2.65. The lowest BCUT2D eigenvalue weighted by Gasteiger charge is -2.39. The van der Waals surface area contributed by atoms with Gasteiger partial charge in [0, 0.05) is 37.5 Å². The normalized spacial score (nSPS) is 24.5. The van der Waals surface area contributed by atoms with Gasteiger partial charge >= 0.3 is 6.03 Å². The van der Waals surface area contributed by atoms with Crippen LogP contribution in [0.15, 0.2) is 22.5 Å². The van der Waals surface area contributed by atoms with Crippen molar-refractivity contribution in [1.29, 1.82) is 0 Å². The Morgan fingerprint density at radius 2 is 2.19 bits per heavy atom. The highest BCUT2D eigenvalue weighted by atomic mass is 32.1. The molecule has 2 fully saturated rings. The summed E-state index contributed by atoms with van der Waals surface area (Å²) in [5.41, 5.74) is -0.794. The van der Waals surface area contributed by atoms with Gasteiger partial charge in [-0.2, -0.15) is 0 Å². The zero-order chi connectivity index (χ0) is 18.6. The molecule has 2 saturated heterocycles. The Kier molecular flexibility index (Phi) is 5.80. The first-order valence-corrected chi connectivity index (χ1v) is 10.1. The van der Waals surface area contributed by atoms with Crippen LogP contribution in [-0.2, 0) is 11.2 Å². The molecule has 3 N–H and O–H groups in total.